The molecule has 1 amide bonds. The monoisotopic (exact) mass is 336 g/mol. The second kappa shape index (κ2) is 6.87. The number of carbonyl (C=O) groups excluding carboxylic acids is 1. The molecule has 23 heavy (non-hydrogen) atoms. The predicted molar refractivity (Wildman–Crippen MR) is 83.6 cm³/mol. The number of nitrogens with zero attached hydrogens (tertiary/aromatic N) is 4. The normalized spacial score (nSPS) is 10.3. The number of carbonyl (C=O) groups is 1. The Bertz CT molecular complexity index is 804. The lowest BCUT2D eigenvalue weighted by molar-refractivity contribution is -0.384. The number of nitro groups is 1. The molecule has 1 aromatic heterocycles. The molecule has 0 aliphatic rings. The van der Waals surface area contributed by atoms with Crippen molar-refractivity contribution < 1.29 is 9.72 Å². The number of nitro benzene ring substituents is 1. The molecule has 11 heteroatoms. The Morgan fingerprint density at radius 2 is 2.04 bits per heavy atom. The number of nitrogens with two attached hydrogens (primary N) is 1. The second-order valence-corrected chi connectivity index (χ2v) is 5.33. The van der Waals surface area contributed by atoms with E-state index < -0.39 is 10.5 Å². The van der Waals surface area contributed by atoms with Gasteiger partial charge in [0.1, 0.15) is 5.69 Å². The molecule has 1 aromatic carbocycles. The average molecular weight is 336 g/mol. The third-order valence-corrected chi connectivity index (χ3v) is 3.66. The molecule has 0 fully saturated rings. The lowest BCUT2D eigenvalue weighted by Crippen LogP contribution is -2.32. The molecule has 120 valence electrons. The SMILES string of the molecule is Cc1nnc(SCC(=O)Nc2ccc([N+](=O)[O-])cc2)n(N)c1=O. The smallest absolute Gasteiger partial charge is 0.294 e. The molecule has 0 radical (unpaired) electrons. The summed E-state index contributed by atoms with van der Waals surface area (Å²) in [5, 5.41) is 20.6. The zero-order chi connectivity index (χ0) is 17.0. The standard InChI is InChI=1S/C12H12N6O4S/c1-7-11(20)17(13)12(16-15-7)23-6-10(19)14-8-2-4-9(5-3-8)18(21)22/h2-5H,6,13H2,1H3,(H,14,19). The van der Waals surface area contributed by atoms with Gasteiger partial charge in [-0.1, -0.05) is 11.8 Å². The molecule has 2 aromatic rings. The van der Waals surface area contributed by atoms with E-state index in [1.54, 1.807) is 0 Å². The number of hydrogen-bond acceptors (Lipinski definition) is 8. The molecular weight excluding hydrogens is 324 g/mol. The van der Waals surface area contributed by atoms with Crippen molar-refractivity contribution in [2.45, 2.75) is 12.1 Å². The highest BCUT2D eigenvalue weighted by Gasteiger charge is 2.11. The first kappa shape index (κ1) is 16.4. The van der Waals surface area contributed by atoms with E-state index in [4.69, 9.17) is 5.84 Å². The average Bonchev–Trinajstić information content (AvgIpc) is 2.52. The topological polar surface area (TPSA) is 146 Å². The summed E-state index contributed by atoms with van der Waals surface area (Å²) >= 11 is 0.949. The predicted octanol–water partition coefficient (Wildman–Crippen LogP) is 0.300. The van der Waals surface area contributed by atoms with Crippen molar-refractivity contribution in [2.75, 3.05) is 16.9 Å². The van der Waals surface area contributed by atoms with Crippen LogP contribution in [0.25, 0.3) is 0 Å². The highest BCUT2D eigenvalue weighted by atomic mass is 32.2. The number of aryl methyl sites for hydroxylation is 1. The highest BCUT2D eigenvalue weighted by molar-refractivity contribution is 7.99. The van der Waals surface area contributed by atoms with Crippen LogP contribution in [0.2, 0.25) is 0 Å². The van der Waals surface area contributed by atoms with E-state index >= 15 is 0 Å². The highest BCUT2D eigenvalue weighted by Crippen LogP contribution is 2.16. The van der Waals surface area contributed by atoms with E-state index in [-0.39, 0.29) is 28.2 Å². The van der Waals surface area contributed by atoms with Crippen LogP contribution in [0.4, 0.5) is 11.4 Å². The zero-order valence-electron chi connectivity index (χ0n) is 11.9. The lowest BCUT2D eigenvalue weighted by Gasteiger charge is -2.07. The summed E-state index contributed by atoms with van der Waals surface area (Å²) in [5.41, 5.74) is 0.0197. The summed E-state index contributed by atoms with van der Waals surface area (Å²) in [6, 6.07) is 5.41. The van der Waals surface area contributed by atoms with Crippen LogP contribution in [-0.2, 0) is 4.79 Å². The molecule has 3 N–H and O–H groups in total. The minimum Gasteiger partial charge on any atom is -0.334 e. The van der Waals surface area contributed by atoms with Crippen molar-refractivity contribution in [3.05, 3.63) is 50.4 Å². The Labute approximate surface area is 133 Å². The zero-order valence-corrected chi connectivity index (χ0v) is 12.7. The van der Waals surface area contributed by atoms with Gasteiger partial charge in [0.25, 0.3) is 11.2 Å². The van der Waals surface area contributed by atoms with Gasteiger partial charge in [0.2, 0.25) is 11.1 Å². The fraction of sp³-hybridized carbons (Fsp3) is 0.167. The van der Waals surface area contributed by atoms with Crippen LogP contribution in [-0.4, -0.2) is 31.5 Å². The van der Waals surface area contributed by atoms with Gasteiger partial charge >= 0.3 is 0 Å². The molecule has 2 rings (SSSR count). The van der Waals surface area contributed by atoms with Crippen LogP contribution in [0, 0.1) is 17.0 Å². The van der Waals surface area contributed by atoms with Gasteiger partial charge in [0, 0.05) is 17.8 Å². The number of benzene rings is 1. The maximum absolute atomic E-state index is 11.8. The summed E-state index contributed by atoms with van der Waals surface area (Å²) in [5.74, 6) is 5.13. The molecule has 0 unspecified atom stereocenters. The molecule has 0 atom stereocenters. The van der Waals surface area contributed by atoms with Gasteiger partial charge in [-0.15, -0.1) is 10.2 Å². The lowest BCUT2D eigenvalue weighted by atomic mass is 10.3. The number of nitrogens with one attached hydrogen (secondary N) is 1. The minimum atomic E-state index is -0.530. The molecule has 0 saturated carbocycles. The molecule has 10 nitrogen and oxygen atoms in total. The molecule has 0 aliphatic heterocycles. The quantitative estimate of drug-likeness (QED) is 0.343. The van der Waals surface area contributed by atoms with Gasteiger partial charge < -0.3 is 11.2 Å². The van der Waals surface area contributed by atoms with E-state index in [1.807, 2.05) is 0 Å². The Balaban J connectivity index is 1.96. The Morgan fingerprint density at radius 1 is 1.39 bits per heavy atom. The van der Waals surface area contributed by atoms with Crippen LogP contribution in [0.5, 0.6) is 0 Å². The number of thioether (sulfide) groups is 1. The van der Waals surface area contributed by atoms with Crippen LogP contribution in [0.3, 0.4) is 0 Å². The van der Waals surface area contributed by atoms with Gasteiger partial charge in [0.15, 0.2) is 0 Å². The summed E-state index contributed by atoms with van der Waals surface area (Å²) in [6.45, 7) is 1.48. The molecular formula is C12H12N6O4S. The molecule has 0 spiro atoms. The number of nitrogen functional groups attached to an aromatic ring is 1. The Kier molecular flexibility index (Phi) is 4.91. The summed E-state index contributed by atoms with van der Waals surface area (Å²) in [7, 11) is 0. The van der Waals surface area contributed by atoms with Crippen molar-refractivity contribution in [3.8, 4) is 0 Å². The van der Waals surface area contributed by atoms with E-state index in [0.29, 0.717) is 5.69 Å². The van der Waals surface area contributed by atoms with Gasteiger partial charge in [-0.3, -0.25) is 19.7 Å². The third-order valence-electron chi connectivity index (χ3n) is 2.71. The molecule has 1 heterocycles. The van der Waals surface area contributed by atoms with Crippen LogP contribution in [0.15, 0.2) is 34.2 Å². The molecule has 0 saturated heterocycles. The Hall–Kier alpha value is -2.95. The third kappa shape index (κ3) is 4.03. The van der Waals surface area contributed by atoms with Gasteiger partial charge in [-0.25, -0.2) is 0 Å². The summed E-state index contributed by atoms with van der Waals surface area (Å²) < 4.78 is 0.826. The number of aromatic nitrogens is 3. The first-order valence-corrected chi connectivity index (χ1v) is 7.25. The van der Waals surface area contributed by atoms with Gasteiger partial charge in [0.05, 0.1) is 10.7 Å². The van der Waals surface area contributed by atoms with E-state index in [9.17, 15) is 19.7 Å². The first-order valence-electron chi connectivity index (χ1n) is 6.27. The van der Waals surface area contributed by atoms with Crippen molar-refractivity contribution >= 4 is 29.0 Å². The Morgan fingerprint density at radius 3 is 2.65 bits per heavy atom. The fourth-order valence-corrected chi connectivity index (χ4v) is 2.21. The van der Waals surface area contributed by atoms with Crippen LogP contribution >= 0.6 is 11.8 Å². The minimum absolute atomic E-state index is 0.0502. The van der Waals surface area contributed by atoms with Crippen molar-refractivity contribution in [3.63, 3.8) is 0 Å². The van der Waals surface area contributed by atoms with Crippen molar-refractivity contribution in [1.29, 1.82) is 0 Å². The largest absolute Gasteiger partial charge is 0.334 e. The number of rotatable bonds is 5. The van der Waals surface area contributed by atoms with Gasteiger partial charge in [-0.05, 0) is 19.1 Å². The fourth-order valence-electron chi connectivity index (χ4n) is 1.56. The van der Waals surface area contributed by atoms with Gasteiger partial charge in [-0.2, -0.15) is 4.68 Å². The number of hydrogen-bond donors (Lipinski definition) is 2. The summed E-state index contributed by atoms with van der Waals surface area (Å²) in [6.07, 6.45) is 0. The maximum atomic E-state index is 11.8. The number of non-ortho nitro benzene ring substituents is 1. The van der Waals surface area contributed by atoms with Crippen molar-refractivity contribution in [2.24, 2.45) is 0 Å². The second-order valence-electron chi connectivity index (χ2n) is 4.38. The van der Waals surface area contributed by atoms with Crippen LogP contribution in [0.1, 0.15) is 5.69 Å². The summed E-state index contributed by atoms with van der Waals surface area (Å²) in [4.78, 5) is 33.4. The number of anilines is 1. The van der Waals surface area contributed by atoms with Crippen LogP contribution < -0.4 is 16.7 Å². The molecule has 0 aliphatic carbocycles. The first-order chi connectivity index (χ1) is 10.9. The van der Waals surface area contributed by atoms with Crippen molar-refractivity contribution in [1.82, 2.24) is 14.9 Å². The number of amides is 1. The van der Waals surface area contributed by atoms with E-state index in [2.05, 4.69) is 15.5 Å². The maximum Gasteiger partial charge on any atom is 0.294 e. The van der Waals surface area contributed by atoms with E-state index in [1.165, 1.54) is 31.2 Å². The van der Waals surface area contributed by atoms with E-state index in [0.717, 1.165) is 16.4 Å². The molecule has 0 bridgehead atoms.